The fourth-order valence-electron chi connectivity index (χ4n) is 3.72. The van der Waals surface area contributed by atoms with Crippen molar-refractivity contribution in [2.75, 3.05) is 39.3 Å². The topological polar surface area (TPSA) is 6.48 Å². The smallest absolute Gasteiger partial charge is 0.00515 e. The zero-order valence-electron chi connectivity index (χ0n) is 13.1. The maximum Gasteiger partial charge on any atom is 0.00515 e. The highest BCUT2D eigenvalue weighted by atomic mass is 15.2. The third-order valence-corrected chi connectivity index (χ3v) is 4.36. The van der Waals surface area contributed by atoms with Crippen LogP contribution in [0.1, 0.15) is 47.5 Å². The summed E-state index contributed by atoms with van der Waals surface area (Å²) in [7, 11) is 0. The molecule has 0 N–H and O–H groups in total. The first kappa shape index (κ1) is 14.3. The molecule has 0 atom stereocenters. The second-order valence-corrected chi connectivity index (χ2v) is 8.40. The van der Waals surface area contributed by atoms with Crippen molar-refractivity contribution in [3.63, 3.8) is 0 Å². The molecular weight excluding hydrogens is 220 g/mol. The molecule has 0 radical (unpaired) electrons. The molecule has 0 aromatic rings. The Morgan fingerprint density at radius 2 is 1.56 bits per heavy atom. The Hall–Kier alpha value is -0.0800. The number of hydrogen-bond donors (Lipinski definition) is 0. The molecule has 2 heteroatoms. The number of nitrogens with zero attached hydrogens (tertiary/aromatic N) is 2. The number of rotatable bonds is 3. The largest absolute Gasteiger partial charge is 0.303 e. The molecule has 0 aromatic carbocycles. The average molecular weight is 252 g/mol. The van der Waals surface area contributed by atoms with E-state index in [4.69, 9.17) is 0 Å². The summed E-state index contributed by atoms with van der Waals surface area (Å²) in [5.74, 6) is 0.823. The van der Waals surface area contributed by atoms with Gasteiger partial charge in [-0.1, -0.05) is 34.6 Å². The summed E-state index contributed by atoms with van der Waals surface area (Å²) in [6, 6.07) is 0. The van der Waals surface area contributed by atoms with Crippen molar-refractivity contribution in [2.24, 2.45) is 16.7 Å². The lowest BCUT2D eigenvalue weighted by molar-refractivity contribution is -0.0550. The summed E-state index contributed by atoms with van der Waals surface area (Å²) >= 11 is 0. The van der Waals surface area contributed by atoms with Crippen LogP contribution in [0.2, 0.25) is 0 Å². The summed E-state index contributed by atoms with van der Waals surface area (Å²) in [5, 5.41) is 0. The molecule has 2 rings (SSSR count). The molecule has 0 saturated carbocycles. The molecule has 2 saturated heterocycles. The van der Waals surface area contributed by atoms with E-state index < -0.39 is 0 Å². The third kappa shape index (κ3) is 3.71. The van der Waals surface area contributed by atoms with Crippen LogP contribution >= 0.6 is 0 Å². The molecule has 2 heterocycles. The molecule has 2 aliphatic heterocycles. The van der Waals surface area contributed by atoms with Crippen LogP contribution in [0.15, 0.2) is 0 Å². The van der Waals surface area contributed by atoms with Crippen molar-refractivity contribution in [3.05, 3.63) is 0 Å². The Morgan fingerprint density at radius 3 is 2.00 bits per heavy atom. The van der Waals surface area contributed by atoms with Gasteiger partial charge in [0.05, 0.1) is 0 Å². The van der Waals surface area contributed by atoms with Crippen LogP contribution in [0.25, 0.3) is 0 Å². The normalized spacial score (nSPS) is 25.7. The fourth-order valence-corrected chi connectivity index (χ4v) is 3.72. The summed E-state index contributed by atoms with van der Waals surface area (Å²) in [6.45, 7) is 19.7. The monoisotopic (exact) mass is 252 g/mol. The molecule has 2 nitrogen and oxygen atoms in total. The van der Waals surface area contributed by atoms with E-state index in [9.17, 15) is 0 Å². The Kier molecular flexibility index (Phi) is 4.08. The van der Waals surface area contributed by atoms with Crippen molar-refractivity contribution in [1.29, 1.82) is 0 Å². The summed E-state index contributed by atoms with van der Waals surface area (Å²) in [4.78, 5) is 5.33. The van der Waals surface area contributed by atoms with Gasteiger partial charge in [0, 0.05) is 26.2 Å². The molecule has 106 valence electrons. The molecule has 2 fully saturated rings. The molecule has 0 amide bonds. The van der Waals surface area contributed by atoms with Gasteiger partial charge >= 0.3 is 0 Å². The van der Waals surface area contributed by atoms with Crippen LogP contribution in [0.5, 0.6) is 0 Å². The zero-order valence-corrected chi connectivity index (χ0v) is 13.1. The van der Waals surface area contributed by atoms with Gasteiger partial charge in [0.2, 0.25) is 0 Å². The molecule has 2 aliphatic rings. The van der Waals surface area contributed by atoms with Crippen molar-refractivity contribution in [3.8, 4) is 0 Å². The van der Waals surface area contributed by atoms with E-state index in [2.05, 4.69) is 44.4 Å². The molecule has 1 spiro atoms. The number of hydrogen-bond acceptors (Lipinski definition) is 2. The van der Waals surface area contributed by atoms with Crippen LogP contribution in [0.3, 0.4) is 0 Å². The van der Waals surface area contributed by atoms with Crippen LogP contribution in [0, 0.1) is 16.7 Å². The van der Waals surface area contributed by atoms with E-state index >= 15 is 0 Å². The minimum Gasteiger partial charge on any atom is -0.303 e. The van der Waals surface area contributed by atoms with Gasteiger partial charge in [-0.05, 0) is 42.7 Å². The number of piperidine rings is 1. The van der Waals surface area contributed by atoms with Gasteiger partial charge in [-0.3, -0.25) is 0 Å². The van der Waals surface area contributed by atoms with E-state index in [1.54, 1.807) is 0 Å². The second kappa shape index (κ2) is 5.13. The predicted octanol–water partition coefficient (Wildman–Crippen LogP) is 3.09. The predicted molar refractivity (Wildman–Crippen MR) is 78.8 cm³/mol. The van der Waals surface area contributed by atoms with E-state index in [-0.39, 0.29) is 0 Å². The first-order valence-electron chi connectivity index (χ1n) is 7.73. The van der Waals surface area contributed by atoms with Crippen molar-refractivity contribution >= 4 is 0 Å². The Balaban J connectivity index is 1.72. The molecular formula is C16H32N2. The van der Waals surface area contributed by atoms with E-state index in [0.29, 0.717) is 10.8 Å². The van der Waals surface area contributed by atoms with Gasteiger partial charge in [-0.2, -0.15) is 0 Å². The summed E-state index contributed by atoms with van der Waals surface area (Å²) in [6.07, 6.45) is 2.86. The highest BCUT2D eigenvalue weighted by Crippen LogP contribution is 2.41. The summed E-state index contributed by atoms with van der Waals surface area (Å²) < 4.78 is 0. The maximum atomic E-state index is 2.68. The lowest BCUT2D eigenvalue weighted by Gasteiger charge is -2.55. The first-order valence-corrected chi connectivity index (χ1v) is 7.73. The van der Waals surface area contributed by atoms with Gasteiger partial charge in [0.15, 0.2) is 0 Å². The average Bonchev–Trinajstić information content (AvgIpc) is 2.15. The lowest BCUT2D eigenvalue weighted by Crippen LogP contribution is -2.61. The quantitative estimate of drug-likeness (QED) is 0.761. The Bertz CT molecular complexity index is 261. The van der Waals surface area contributed by atoms with Crippen LogP contribution in [0.4, 0.5) is 0 Å². The van der Waals surface area contributed by atoms with Crippen LogP contribution < -0.4 is 0 Å². The van der Waals surface area contributed by atoms with Gasteiger partial charge in [0.25, 0.3) is 0 Å². The second-order valence-electron chi connectivity index (χ2n) is 8.40. The summed E-state index contributed by atoms with van der Waals surface area (Å²) in [5.41, 5.74) is 1.15. The Labute approximate surface area is 114 Å². The molecule has 0 aliphatic carbocycles. The third-order valence-electron chi connectivity index (χ3n) is 4.36. The van der Waals surface area contributed by atoms with Gasteiger partial charge in [-0.25, -0.2) is 0 Å². The van der Waals surface area contributed by atoms with Crippen molar-refractivity contribution in [1.82, 2.24) is 9.80 Å². The molecule has 18 heavy (non-hydrogen) atoms. The SMILES string of the molecule is CC(C)CN1CC2(CCN(CC(C)(C)C)CC2)C1. The van der Waals surface area contributed by atoms with E-state index in [1.165, 1.54) is 52.1 Å². The van der Waals surface area contributed by atoms with E-state index in [1.807, 2.05) is 0 Å². The van der Waals surface area contributed by atoms with Crippen molar-refractivity contribution < 1.29 is 0 Å². The maximum absolute atomic E-state index is 2.68. The highest BCUT2D eigenvalue weighted by Gasteiger charge is 2.44. The molecule has 0 bridgehead atoms. The minimum atomic E-state index is 0.452. The van der Waals surface area contributed by atoms with Gasteiger partial charge in [-0.15, -0.1) is 0 Å². The number of likely N-dealkylation sites (tertiary alicyclic amines) is 2. The van der Waals surface area contributed by atoms with Crippen LogP contribution in [-0.4, -0.2) is 49.1 Å². The van der Waals surface area contributed by atoms with Crippen LogP contribution in [-0.2, 0) is 0 Å². The molecule has 0 unspecified atom stereocenters. The fraction of sp³-hybridized carbons (Fsp3) is 1.00. The highest BCUT2D eigenvalue weighted by molar-refractivity contribution is 4.98. The first-order chi connectivity index (χ1) is 8.28. The standard InChI is InChI=1S/C16H32N2/c1-14(2)10-18-12-16(13-18)6-8-17(9-7-16)11-15(3,4)5/h14H,6-13H2,1-5H3. The van der Waals surface area contributed by atoms with E-state index in [0.717, 1.165) is 5.92 Å². The Morgan fingerprint density at radius 1 is 1.00 bits per heavy atom. The van der Waals surface area contributed by atoms with Gasteiger partial charge in [0.1, 0.15) is 0 Å². The lowest BCUT2D eigenvalue weighted by atomic mass is 9.71. The zero-order chi connectivity index (χ0) is 13.4. The molecule has 0 aromatic heterocycles. The van der Waals surface area contributed by atoms with Crippen molar-refractivity contribution in [2.45, 2.75) is 47.5 Å². The minimum absolute atomic E-state index is 0.452. The van der Waals surface area contributed by atoms with Gasteiger partial charge < -0.3 is 9.80 Å².